The van der Waals surface area contributed by atoms with Gasteiger partial charge in [0.1, 0.15) is 0 Å². The predicted molar refractivity (Wildman–Crippen MR) is 85.8 cm³/mol. The lowest BCUT2D eigenvalue weighted by atomic mass is 10.2. The van der Waals surface area contributed by atoms with E-state index >= 15 is 0 Å². The standard InChI is InChI=1S/C14H12INO2S/c1-2-10-9-13(7-8-14(10)15)19-12-5-3-11(4-6-12)16(17)18/h3-9H,2H2,1H3. The zero-order valence-corrected chi connectivity index (χ0v) is 13.3. The normalized spacial score (nSPS) is 10.4. The maximum absolute atomic E-state index is 10.6. The fourth-order valence-electron chi connectivity index (χ4n) is 1.66. The fraction of sp³-hybridized carbons (Fsp3) is 0.143. The van der Waals surface area contributed by atoms with Gasteiger partial charge < -0.3 is 0 Å². The molecule has 0 spiro atoms. The molecule has 0 saturated carbocycles. The maximum Gasteiger partial charge on any atom is 0.269 e. The highest BCUT2D eigenvalue weighted by molar-refractivity contribution is 14.1. The van der Waals surface area contributed by atoms with Crippen LogP contribution in [0.25, 0.3) is 0 Å². The highest BCUT2D eigenvalue weighted by Crippen LogP contribution is 2.30. The first-order chi connectivity index (χ1) is 9.10. The second-order valence-corrected chi connectivity index (χ2v) is 6.27. The van der Waals surface area contributed by atoms with Crippen molar-refractivity contribution in [1.29, 1.82) is 0 Å². The molecule has 0 amide bonds. The molecule has 5 heteroatoms. The number of hydrogen-bond donors (Lipinski definition) is 0. The second-order valence-electron chi connectivity index (χ2n) is 3.96. The Morgan fingerprint density at radius 2 is 1.79 bits per heavy atom. The Balaban J connectivity index is 2.19. The molecular formula is C14H12INO2S. The molecule has 0 unspecified atom stereocenters. The molecule has 2 aromatic rings. The summed E-state index contributed by atoms with van der Waals surface area (Å²) >= 11 is 3.96. The Hall–Kier alpha value is -1.08. The van der Waals surface area contributed by atoms with Crippen molar-refractivity contribution in [2.75, 3.05) is 0 Å². The summed E-state index contributed by atoms with van der Waals surface area (Å²) < 4.78 is 1.27. The molecule has 0 fully saturated rings. The van der Waals surface area contributed by atoms with Crippen LogP contribution in [-0.4, -0.2) is 4.92 Å². The van der Waals surface area contributed by atoms with Gasteiger partial charge in [0.15, 0.2) is 0 Å². The number of hydrogen-bond acceptors (Lipinski definition) is 3. The van der Waals surface area contributed by atoms with Gasteiger partial charge in [-0.25, -0.2) is 0 Å². The summed E-state index contributed by atoms with van der Waals surface area (Å²) in [4.78, 5) is 12.4. The van der Waals surface area contributed by atoms with Crippen LogP contribution in [0, 0.1) is 13.7 Å². The summed E-state index contributed by atoms with van der Waals surface area (Å²) in [6.45, 7) is 2.14. The van der Waals surface area contributed by atoms with Gasteiger partial charge in [0.05, 0.1) is 4.92 Å². The molecule has 0 radical (unpaired) electrons. The van der Waals surface area contributed by atoms with E-state index in [1.807, 2.05) is 0 Å². The van der Waals surface area contributed by atoms with Crippen LogP contribution in [0.1, 0.15) is 12.5 Å². The number of benzene rings is 2. The largest absolute Gasteiger partial charge is 0.269 e. The summed E-state index contributed by atoms with van der Waals surface area (Å²) in [7, 11) is 0. The first kappa shape index (κ1) is 14.3. The van der Waals surface area contributed by atoms with E-state index in [2.05, 4.69) is 47.7 Å². The first-order valence-electron chi connectivity index (χ1n) is 5.81. The van der Waals surface area contributed by atoms with E-state index in [-0.39, 0.29) is 10.6 Å². The van der Waals surface area contributed by atoms with Crippen molar-refractivity contribution >= 4 is 40.0 Å². The molecule has 98 valence electrons. The van der Waals surface area contributed by atoms with Gasteiger partial charge >= 0.3 is 0 Å². The van der Waals surface area contributed by atoms with Crippen molar-refractivity contribution in [3.8, 4) is 0 Å². The van der Waals surface area contributed by atoms with Crippen LogP contribution >= 0.6 is 34.4 Å². The third-order valence-corrected chi connectivity index (χ3v) is 4.73. The van der Waals surface area contributed by atoms with Crippen LogP contribution in [0.2, 0.25) is 0 Å². The van der Waals surface area contributed by atoms with Crippen molar-refractivity contribution in [3.63, 3.8) is 0 Å². The van der Waals surface area contributed by atoms with Crippen LogP contribution in [0.15, 0.2) is 52.3 Å². The second kappa shape index (κ2) is 6.38. The minimum Gasteiger partial charge on any atom is -0.258 e. The van der Waals surface area contributed by atoms with E-state index in [0.29, 0.717) is 0 Å². The Bertz CT molecular complexity index is 599. The maximum atomic E-state index is 10.6. The minimum atomic E-state index is -0.380. The number of non-ortho nitro benzene ring substituents is 1. The van der Waals surface area contributed by atoms with Gasteiger partial charge in [0.2, 0.25) is 0 Å². The molecule has 0 aromatic heterocycles. The van der Waals surface area contributed by atoms with Crippen LogP contribution < -0.4 is 0 Å². The lowest BCUT2D eigenvalue weighted by Gasteiger charge is -2.06. The number of nitro benzene ring substituents is 1. The van der Waals surface area contributed by atoms with Gasteiger partial charge in [0, 0.05) is 25.5 Å². The number of aryl methyl sites for hydroxylation is 1. The summed E-state index contributed by atoms with van der Waals surface area (Å²) in [6.07, 6.45) is 1.01. The van der Waals surface area contributed by atoms with Crippen LogP contribution in [0.4, 0.5) is 5.69 Å². The molecule has 2 rings (SSSR count). The molecular weight excluding hydrogens is 373 g/mol. The first-order valence-corrected chi connectivity index (χ1v) is 7.70. The van der Waals surface area contributed by atoms with E-state index in [9.17, 15) is 10.1 Å². The molecule has 0 aliphatic carbocycles. The highest BCUT2D eigenvalue weighted by Gasteiger charge is 2.06. The fourth-order valence-corrected chi connectivity index (χ4v) is 3.26. The van der Waals surface area contributed by atoms with Crippen molar-refractivity contribution in [3.05, 3.63) is 61.7 Å². The zero-order chi connectivity index (χ0) is 13.8. The average Bonchev–Trinajstić information content (AvgIpc) is 2.41. The summed E-state index contributed by atoms with van der Waals surface area (Å²) in [5, 5.41) is 10.6. The molecule has 19 heavy (non-hydrogen) atoms. The van der Waals surface area contributed by atoms with Crippen LogP contribution in [0.5, 0.6) is 0 Å². The number of halogens is 1. The lowest BCUT2D eigenvalue weighted by Crippen LogP contribution is -1.87. The highest BCUT2D eigenvalue weighted by atomic mass is 127. The SMILES string of the molecule is CCc1cc(Sc2ccc([N+](=O)[O-])cc2)ccc1I. The quantitative estimate of drug-likeness (QED) is 0.427. The molecule has 0 aliphatic rings. The number of rotatable bonds is 4. The van der Waals surface area contributed by atoms with Crippen molar-refractivity contribution < 1.29 is 4.92 Å². The third-order valence-electron chi connectivity index (χ3n) is 2.68. The Morgan fingerprint density at radius 1 is 1.16 bits per heavy atom. The molecule has 0 heterocycles. The number of nitrogens with zero attached hydrogens (tertiary/aromatic N) is 1. The summed E-state index contributed by atoms with van der Waals surface area (Å²) in [5.41, 5.74) is 1.45. The molecule has 0 saturated heterocycles. The monoisotopic (exact) mass is 385 g/mol. The lowest BCUT2D eigenvalue weighted by molar-refractivity contribution is -0.384. The van der Waals surface area contributed by atoms with Gasteiger partial charge in [-0.3, -0.25) is 10.1 Å². The van der Waals surface area contributed by atoms with Gasteiger partial charge in [-0.2, -0.15) is 0 Å². The molecule has 0 aliphatic heterocycles. The Morgan fingerprint density at radius 3 is 2.37 bits per heavy atom. The van der Waals surface area contributed by atoms with E-state index in [1.54, 1.807) is 23.9 Å². The van der Waals surface area contributed by atoms with Gasteiger partial charge in [-0.15, -0.1) is 0 Å². The topological polar surface area (TPSA) is 43.1 Å². The van der Waals surface area contributed by atoms with Gasteiger partial charge in [-0.05, 0) is 64.9 Å². The van der Waals surface area contributed by atoms with Crippen molar-refractivity contribution in [1.82, 2.24) is 0 Å². The summed E-state index contributed by atoms with van der Waals surface area (Å²) in [6, 6.07) is 13.0. The van der Waals surface area contributed by atoms with Crippen LogP contribution in [0.3, 0.4) is 0 Å². The minimum absolute atomic E-state index is 0.126. The van der Waals surface area contributed by atoms with Gasteiger partial charge in [-0.1, -0.05) is 18.7 Å². The van der Waals surface area contributed by atoms with E-state index in [1.165, 1.54) is 21.3 Å². The Kier molecular flexibility index (Phi) is 4.81. The number of nitro groups is 1. The molecule has 0 atom stereocenters. The Labute approximate surface area is 129 Å². The molecule has 3 nitrogen and oxygen atoms in total. The summed E-state index contributed by atoms with van der Waals surface area (Å²) in [5.74, 6) is 0. The van der Waals surface area contributed by atoms with E-state index in [4.69, 9.17) is 0 Å². The van der Waals surface area contributed by atoms with E-state index < -0.39 is 0 Å². The third kappa shape index (κ3) is 3.70. The molecule has 2 aromatic carbocycles. The van der Waals surface area contributed by atoms with Crippen molar-refractivity contribution in [2.24, 2.45) is 0 Å². The average molecular weight is 385 g/mol. The smallest absolute Gasteiger partial charge is 0.258 e. The molecule has 0 N–H and O–H groups in total. The van der Waals surface area contributed by atoms with Crippen molar-refractivity contribution in [2.45, 2.75) is 23.1 Å². The van der Waals surface area contributed by atoms with Crippen LogP contribution in [-0.2, 0) is 6.42 Å². The zero-order valence-electron chi connectivity index (χ0n) is 10.3. The molecule has 0 bridgehead atoms. The van der Waals surface area contributed by atoms with E-state index in [0.717, 1.165) is 16.2 Å². The predicted octanol–water partition coefficient (Wildman–Crippen LogP) is 4.91. The van der Waals surface area contributed by atoms with Gasteiger partial charge in [0.25, 0.3) is 5.69 Å².